The molecule has 1 rings (SSSR count). The molecule has 0 saturated heterocycles. The van der Waals surface area contributed by atoms with Gasteiger partial charge in [-0.2, -0.15) is 8.78 Å². The zero-order chi connectivity index (χ0) is 9.35. The van der Waals surface area contributed by atoms with Crippen LogP contribution in [-0.4, -0.2) is 11.0 Å². The van der Waals surface area contributed by atoms with E-state index < -0.39 is 22.9 Å². The van der Waals surface area contributed by atoms with Crippen LogP contribution in [0, 0.1) is 0 Å². The summed E-state index contributed by atoms with van der Waals surface area (Å²) < 4.78 is 40.9. The van der Waals surface area contributed by atoms with Crippen molar-refractivity contribution >= 4 is 11.6 Å². The maximum Gasteiger partial charge on any atom is 0.305 e. The molecule has 2 unspecified atom stereocenters. The summed E-state index contributed by atoms with van der Waals surface area (Å²) in [7, 11) is 0. The third-order valence-corrected chi connectivity index (χ3v) is 2.17. The fourth-order valence-electron chi connectivity index (χ4n) is 0.917. The molecule has 0 aromatic carbocycles. The molecule has 1 fully saturated rings. The summed E-state index contributed by atoms with van der Waals surface area (Å²) in [4.78, 5) is 0. The highest BCUT2D eigenvalue weighted by Crippen LogP contribution is 2.52. The SMILES string of the molecule is C=COC1(C(F)=C(F)F)CC1Cl. The first kappa shape index (κ1) is 9.45. The van der Waals surface area contributed by atoms with E-state index in [1.165, 1.54) is 0 Å². The number of ether oxygens (including phenoxy) is 1. The van der Waals surface area contributed by atoms with E-state index in [1.807, 2.05) is 0 Å². The lowest BCUT2D eigenvalue weighted by atomic mass is 10.3. The third-order valence-electron chi connectivity index (χ3n) is 1.66. The number of rotatable bonds is 3. The van der Waals surface area contributed by atoms with Crippen molar-refractivity contribution in [2.75, 3.05) is 0 Å². The van der Waals surface area contributed by atoms with E-state index in [1.54, 1.807) is 0 Å². The van der Waals surface area contributed by atoms with Crippen molar-refractivity contribution in [3.05, 3.63) is 24.7 Å². The molecule has 0 bridgehead atoms. The lowest BCUT2D eigenvalue weighted by Gasteiger charge is -2.11. The molecule has 2 atom stereocenters. The first-order chi connectivity index (χ1) is 5.54. The Kier molecular flexibility index (Phi) is 2.37. The van der Waals surface area contributed by atoms with E-state index >= 15 is 0 Å². The minimum atomic E-state index is -2.39. The molecular formula is C7H6ClF3O. The minimum Gasteiger partial charge on any atom is -0.487 e. The highest BCUT2D eigenvalue weighted by molar-refractivity contribution is 6.24. The van der Waals surface area contributed by atoms with Crippen molar-refractivity contribution in [1.82, 2.24) is 0 Å². The van der Waals surface area contributed by atoms with E-state index in [4.69, 9.17) is 11.6 Å². The maximum atomic E-state index is 12.7. The Morgan fingerprint density at radius 2 is 2.08 bits per heavy atom. The van der Waals surface area contributed by atoms with Crippen molar-refractivity contribution in [3.63, 3.8) is 0 Å². The van der Waals surface area contributed by atoms with Crippen LogP contribution in [0.2, 0.25) is 0 Å². The quantitative estimate of drug-likeness (QED) is 0.500. The molecule has 0 spiro atoms. The summed E-state index contributed by atoms with van der Waals surface area (Å²) in [5.74, 6) is -1.59. The van der Waals surface area contributed by atoms with Gasteiger partial charge in [0, 0.05) is 6.42 Å². The van der Waals surface area contributed by atoms with E-state index in [9.17, 15) is 13.2 Å². The second-order valence-electron chi connectivity index (χ2n) is 2.42. The second-order valence-corrected chi connectivity index (χ2v) is 2.95. The molecule has 1 aliphatic rings. The molecule has 0 aliphatic heterocycles. The van der Waals surface area contributed by atoms with Crippen molar-refractivity contribution in [1.29, 1.82) is 0 Å². The lowest BCUT2D eigenvalue weighted by molar-refractivity contribution is 0.122. The fraction of sp³-hybridized carbons (Fsp3) is 0.429. The summed E-state index contributed by atoms with van der Waals surface area (Å²) in [6, 6.07) is 0. The zero-order valence-electron chi connectivity index (χ0n) is 5.99. The number of hydrogen-bond acceptors (Lipinski definition) is 1. The lowest BCUT2D eigenvalue weighted by Crippen LogP contribution is -2.16. The molecule has 5 heteroatoms. The highest BCUT2D eigenvalue weighted by Gasteiger charge is 2.61. The van der Waals surface area contributed by atoms with Gasteiger partial charge in [-0.3, -0.25) is 0 Å². The standard InChI is InChI=1S/C7H6ClF3O/c1-2-12-7(3-4(7)8)5(9)6(10)11/h2,4H,1,3H2. The van der Waals surface area contributed by atoms with Crippen LogP contribution in [0.25, 0.3) is 0 Å². The Balaban J connectivity index is 2.83. The molecule has 12 heavy (non-hydrogen) atoms. The van der Waals surface area contributed by atoms with Gasteiger partial charge in [-0.05, 0) is 0 Å². The van der Waals surface area contributed by atoms with Crippen LogP contribution in [0.1, 0.15) is 6.42 Å². The fourth-order valence-corrected chi connectivity index (χ4v) is 1.29. The van der Waals surface area contributed by atoms with Gasteiger partial charge in [0.05, 0.1) is 11.6 Å². The highest BCUT2D eigenvalue weighted by atomic mass is 35.5. The smallest absolute Gasteiger partial charge is 0.305 e. The topological polar surface area (TPSA) is 9.23 Å². The summed E-state index contributed by atoms with van der Waals surface area (Å²) in [5, 5.41) is -0.739. The van der Waals surface area contributed by atoms with Crippen LogP contribution < -0.4 is 0 Å². The molecule has 68 valence electrons. The second kappa shape index (κ2) is 3.01. The van der Waals surface area contributed by atoms with Crippen LogP contribution >= 0.6 is 11.6 Å². The monoisotopic (exact) mass is 198 g/mol. The summed E-state index contributed by atoms with van der Waals surface area (Å²) in [6.45, 7) is 3.15. The summed E-state index contributed by atoms with van der Waals surface area (Å²) in [5.41, 5.74) is -1.65. The van der Waals surface area contributed by atoms with E-state index in [0.29, 0.717) is 0 Å². The van der Waals surface area contributed by atoms with Crippen molar-refractivity contribution in [3.8, 4) is 0 Å². The molecule has 0 amide bonds. The Morgan fingerprint density at radius 1 is 1.58 bits per heavy atom. The van der Waals surface area contributed by atoms with Gasteiger partial charge in [0.25, 0.3) is 0 Å². The largest absolute Gasteiger partial charge is 0.487 e. The normalized spacial score (nSPS) is 32.5. The molecule has 1 nitrogen and oxygen atoms in total. The summed E-state index contributed by atoms with van der Waals surface area (Å²) >= 11 is 5.45. The Hall–Kier alpha value is -0.640. The zero-order valence-corrected chi connectivity index (χ0v) is 6.74. The van der Waals surface area contributed by atoms with Gasteiger partial charge in [0.2, 0.25) is 5.83 Å². The molecular weight excluding hydrogens is 193 g/mol. The number of hydrogen-bond donors (Lipinski definition) is 0. The molecule has 0 aromatic heterocycles. The molecule has 0 N–H and O–H groups in total. The molecule has 0 aromatic rings. The van der Waals surface area contributed by atoms with Crippen LogP contribution in [0.5, 0.6) is 0 Å². The van der Waals surface area contributed by atoms with Crippen LogP contribution in [0.3, 0.4) is 0 Å². The van der Waals surface area contributed by atoms with Gasteiger partial charge in [0.1, 0.15) is 0 Å². The number of halogens is 4. The summed E-state index contributed by atoms with van der Waals surface area (Å²) in [6.07, 6.45) is -1.44. The molecule has 1 saturated carbocycles. The Labute approximate surface area is 72.5 Å². The average molecular weight is 199 g/mol. The van der Waals surface area contributed by atoms with Gasteiger partial charge < -0.3 is 4.74 Å². The average Bonchev–Trinajstić information content (AvgIpc) is 2.62. The molecule has 0 radical (unpaired) electrons. The Bertz CT molecular complexity index is 237. The first-order valence-electron chi connectivity index (χ1n) is 3.18. The molecule has 1 aliphatic carbocycles. The van der Waals surface area contributed by atoms with Gasteiger partial charge in [0.15, 0.2) is 5.60 Å². The minimum absolute atomic E-state index is 0.0454. The van der Waals surface area contributed by atoms with Crippen molar-refractivity contribution in [2.24, 2.45) is 0 Å². The van der Waals surface area contributed by atoms with Gasteiger partial charge in [-0.1, -0.05) is 6.58 Å². The van der Waals surface area contributed by atoms with Gasteiger partial charge in [-0.15, -0.1) is 11.6 Å². The first-order valence-corrected chi connectivity index (χ1v) is 3.62. The Morgan fingerprint density at radius 3 is 2.33 bits per heavy atom. The van der Waals surface area contributed by atoms with Crippen molar-refractivity contribution < 1.29 is 17.9 Å². The molecule has 0 heterocycles. The van der Waals surface area contributed by atoms with Gasteiger partial charge >= 0.3 is 6.08 Å². The van der Waals surface area contributed by atoms with Crippen LogP contribution in [0.15, 0.2) is 24.7 Å². The predicted octanol–water partition coefficient (Wildman–Crippen LogP) is 2.97. The third kappa shape index (κ3) is 1.31. The van der Waals surface area contributed by atoms with E-state index in [-0.39, 0.29) is 6.42 Å². The van der Waals surface area contributed by atoms with Gasteiger partial charge in [-0.25, -0.2) is 4.39 Å². The number of alkyl halides is 1. The van der Waals surface area contributed by atoms with Crippen molar-refractivity contribution in [2.45, 2.75) is 17.4 Å². The van der Waals surface area contributed by atoms with E-state index in [0.717, 1.165) is 6.26 Å². The van der Waals surface area contributed by atoms with Crippen LogP contribution in [-0.2, 0) is 4.74 Å². The van der Waals surface area contributed by atoms with Crippen LogP contribution in [0.4, 0.5) is 13.2 Å². The maximum absolute atomic E-state index is 12.7. The predicted molar refractivity (Wildman–Crippen MR) is 38.6 cm³/mol. The van der Waals surface area contributed by atoms with E-state index in [2.05, 4.69) is 11.3 Å².